The Kier molecular flexibility index (Phi) is 9.95. The van der Waals surface area contributed by atoms with Crippen LogP contribution in [0.3, 0.4) is 0 Å². The van der Waals surface area contributed by atoms with Gasteiger partial charge < -0.3 is 18.6 Å². The zero-order valence-corrected chi connectivity index (χ0v) is 43.6. The minimum atomic E-state index is -0.715. The zero-order chi connectivity index (χ0) is 52.3. The van der Waals surface area contributed by atoms with E-state index in [1.165, 1.54) is 71.4 Å². The Labute approximate surface area is 457 Å². The standard InChI is InChI=1S/C75H50N2O2/c1-47-19-15-25-53(41-47)76(67-33-17-31-62-58-28-11-13-35-69(58)78-73(62)67)55-38-37-49-44-65-66(45-50(49)43-55)75(51-21-5-3-6-22-51,52-23-7-4-8-24-52)72-61-40-39-56(46-64(61)57-27-9-10-30-60(57)71(65)72)77(54-26-16-20-48(2)42-54)68-34-18-32-63-59-29-12-14-36-70(59)79-74(63)68/h3-46H,1-2H3. The largest absolute Gasteiger partial charge is 0.454 e. The number of furan rings is 2. The first-order valence-electron chi connectivity index (χ1n) is 27.2. The molecule has 79 heavy (non-hydrogen) atoms. The Morgan fingerprint density at radius 2 is 0.797 bits per heavy atom. The second-order valence-corrected chi connectivity index (χ2v) is 21.3. The fourth-order valence-electron chi connectivity index (χ4n) is 13.4. The zero-order valence-electron chi connectivity index (χ0n) is 43.6. The lowest BCUT2D eigenvalue weighted by atomic mass is 9.66. The number of hydrogen-bond donors (Lipinski definition) is 0. The number of hydrogen-bond acceptors (Lipinski definition) is 4. The van der Waals surface area contributed by atoms with Crippen LogP contribution in [0, 0.1) is 13.8 Å². The summed E-state index contributed by atoms with van der Waals surface area (Å²) in [4.78, 5) is 4.75. The van der Waals surface area contributed by atoms with Crippen LogP contribution in [-0.4, -0.2) is 0 Å². The summed E-state index contributed by atoms with van der Waals surface area (Å²) in [6.45, 7) is 4.33. The van der Waals surface area contributed by atoms with Crippen LogP contribution >= 0.6 is 0 Å². The molecule has 1 aliphatic carbocycles. The molecule has 16 rings (SSSR count). The molecule has 2 heterocycles. The summed E-state index contributed by atoms with van der Waals surface area (Å²) < 4.78 is 13.6. The summed E-state index contributed by atoms with van der Waals surface area (Å²) in [7, 11) is 0. The molecule has 4 heteroatoms. The van der Waals surface area contributed by atoms with Crippen LogP contribution in [-0.2, 0) is 5.41 Å². The van der Waals surface area contributed by atoms with Crippen molar-refractivity contribution in [1.82, 2.24) is 0 Å². The fourth-order valence-corrected chi connectivity index (χ4v) is 13.4. The first-order valence-corrected chi connectivity index (χ1v) is 27.2. The number of fused-ring (bicyclic) bond motifs is 15. The van der Waals surface area contributed by atoms with E-state index in [4.69, 9.17) is 8.83 Å². The van der Waals surface area contributed by atoms with E-state index in [2.05, 4.69) is 278 Å². The van der Waals surface area contributed by atoms with E-state index < -0.39 is 5.41 Å². The van der Waals surface area contributed by atoms with Gasteiger partial charge in [0.05, 0.1) is 16.8 Å². The second-order valence-electron chi connectivity index (χ2n) is 21.3. The van der Waals surface area contributed by atoms with Gasteiger partial charge in [0.2, 0.25) is 0 Å². The Hall–Kier alpha value is -10.2. The molecule has 0 saturated heterocycles. The van der Waals surface area contributed by atoms with Gasteiger partial charge in [0.25, 0.3) is 0 Å². The number of rotatable bonds is 8. The third-order valence-corrected chi connectivity index (χ3v) is 16.7. The van der Waals surface area contributed by atoms with E-state index in [0.29, 0.717) is 0 Å². The van der Waals surface area contributed by atoms with Gasteiger partial charge in [-0.15, -0.1) is 0 Å². The van der Waals surface area contributed by atoms with Crippen molar-refractivity contribution >= 4 is 110 Å². The van der Waals surface area contributed by atoms with Crippen molar-refractivity contribution in [1.29, 1.82) is 0 Å². The predicted octanol–water partition coefficient (Wildman–Crippen LogP) is 20.9. The first-order chi connectivity index (χ1) is 39.0. The second kappa shape index (κ2) is 17.4. The van der Waals surface area contributed by atoms with Gasteiger partial charge in [0.1, 0.15) is 11.2 Å². The molecule has 0 radical (unpaired) electrons. The van der Waals surface area contributed by atoms with Crippen LogP contribution in [0.2, 0.25) is 0 Å². The number of benzene rings is 13. The smallest absolute Gasteiger partial charge is 0.159 e. The van der Waals surface area contributed by atoms with Crippen LogP contribution in [0.4, 0.5) is 34.1 Å². The third-order valence-electron chi connectivity index (χ3n) is 16.7. The van der Waals surface area contributed by atoms with E-state index in [1.807, 2.05) is 12.1 Å². The van der Waals surface area contributed by atoms with Crippen molar-refractivity contribution < 1.29 is 8.83 Å². The number of para-hydroxylation sites is 4. The summed E-state index contributed by atoms with van der Waals surface area (Å²) in [6, 6.07) is 97.9. The lowest BCUT2D eigenvalue weighted by Crippen LogP contribution is -2.29. The molecule has 0 amide bonds. The highest BCUT2D eigenvalue weighted by Crippen LogP contribution is 2.61. The molecule has 0 N–H and O–H groups in total. The van der Waals surface area contributed by atoms with Crippen molar-refractivity contribution in [3.8, 4) is 11.1 Å². The van der Waals surface area contributed by atoms with Crippen LogP contribution in [0.15, 0.2) is 276 Å². The van der Waals surface area contributed by atoms with E-state index in [9.17, 15) is 0 Å². The van der Waals surface area contributed by atoms with E-state index >= 15 is 0 Å². The van der Waals surface area contributed by atoms with Crippen molar-refractivity contribution in [2.75, 3.05) is 9.80 Å². The van der Waals surface area contributed by atoms with Crippen molar-refractivity contribution in [3.05, 3.63) is 300 Å². The van der Waals surface area contributed by atoms with E-state index in [0.717, 1.165) is 83.4 Å². The maximum Gasteiger partial charge on any atom is 0.159 e. The Morgan fingerprint density at radius 1 is 0.316 bits per heavy atom. The lowest BCUT2D eigenvalue weighted by Gasteiger charge is -2.35. The number of nitrogens with zero attached hydrogens (tertiary/aromatic N) is 2. The molecule has 13 aromatic carbocycles. The van der Waals surface area contributed by atoms with Crippen LogP contribution in [0.5, 0.6) is 0 Å². The molecule has 1 aliphatic rings. The molecule has 0 aliphatic heterocycles. The highest BCUT2D eigenvalue weighted by Gasteiger charge is 2.48. The molecule has 15 aromatic rings. The Balaban J connectivity index is 0.971. The summed E-state index contributed by atoms with van der Waals surface area (Å²) in [6.07, 6.45) is 0. The average molecular weight is 1010 g/mol. The summed E-state index contributed by atoms with van der Waals surface area (Å²) in [5.41, 5.74) is 18.8. The third kappa shape index (κ3) is 6.74. The molecule has 372 valence electrons. The van der Waals surface area contributed by atoms with Gasteiger partial charge >= 0.3 is 0 Å². The van der Waals surface area contributed by atoms with Gasteiger partial charge in [-0.3, -0.25) is 0 Å². The molecule has 0 bridgehead atoms. The molecule has 0 fully saturated rings. The maximum atomic E-state index is 6.80. The fraction of sp³-hybridized carbons (Fsp3) is 0.0400. The van der Waals surface area contributed by atoms with Gasteiger partial charge in [0.15, 0.2) is 11.2 Å². The number of anilines is 6. The van der Waals surface area contributed by atoms with Gasteiger partial charge in [0, 0.05) is 44.3 Å². The SMILES string of the molecule is Cc1cccc(N(c2ccc3cc4c(cc3c2)C(c2ccccc2)(c2ccccc2)c2c-4c3ccccc3c3cc(N(c4cccc(C)c4)c4cccc5c4oc4ccccc45)ccc23)c2cccc3c2oc2ccccc23)c1. The molecule has 0 saturated carbocycles. The highest BCUT2D eigenvalue weighted by molar-refractivity contribution is 6.21. The maximum absolute atomic E-state index is 6.80. The van der Waals surface area contributed by atoms with Gasteiger partial charge in [-0.05, 0) is 176 Å². The van der Waals surface area contributed by atoms with Gasteiger partial charge in [-0.2, -0.15) is 0 Å². The van der Waals surface area contributed by atoms with Crippen LogP contribution in [0.25, 0.3) is 87.3 Å². The molecule has 2 aromatic heterocycles. The molecular weight excluding hydrogens is 961 g/mol. The lowest BCUT2D eigenvalue weighted by molar-refractivity contribution is 0.668. The van der Waals surface area contributed by atoms with Gasteiger partial charge in [-0.25, -0.2) is 0 Å². The van der Waals surface area contributed by atoms with E-state index in [-0.39, 0.29) is 0 Å². The predicted molar refractivity (Wildman–Crippen MR) is 330 cm³/mol. The highest BCUT2D eigenvalue weighted by atomic mass is 16.3. The molecule has 0 spiro atoms. The number of aryl methyl sites for hydroxylation is 2. The monoisotopic (exact) mass is 1010 g/mol. The molecular formula is C75H50N2O2. The normalized spacial score (nSPS) is 12.8. The first kappa shape index (κ1) is 45.1. The van der Waals surface area contributed by atoms with Crippen LogP contribution in [0.1, 0.15) is 33.4 Å². The average Bonchev–Trinajstić information content (AvgIpc) is 3.08. The summed E-state index contributed by atoms with van der Waals surface area (Å²) >= 11 is 0. The topological polar surface area (TPSA) is 32.8 Å². The summed E-state index contributed by atoms with van der Waals surface area (Å²) in [5, 5.41) is 11.5. The quantitative estimate of drug-likeness (QED) is 0.142. The molecule has 4 nitrogen and oxygen atoms in total. The minimum absolute atomic E-state index is 0.715. The molecule has 0 unspecified atom stereocenters. The Bertz CT molecular complexity index is 4910. The van der Waals surface area contributed by atoms with Crippen molar-refractivity contribution in [2.45, 2.75) is 19.3 Å². The van der Waals surface area contributed by atoms with Gasteiger partial charge in [-0.1, -0.05) is 182 Å². The van der Waals surface area contributed by atoms with Crippen molar-refractivity contribution in [3.63, 3.8) is 0 Å². The molecule has 0 atom stereocenters. The van der Waals surface area contributed by atoms with E-state index in [1.54, 1.807) is 0 Å². The van der Waals surface area contributed by atoms with Crippen LogP contribution < -0.4 is 9.80 Å². The minimum Gasteiger partial charge on any atom is -0.454 e. The summed E-state index contributed by atoms with van der Waals surface area (Å²) in [5.74, 6) is 0. The van der Waals surface area contributed by atoms with Crippen molar-refractivity contribution in [2.24, 2.45) is 0 Å². The Morgan fingerprint density at radius 3 is 1.38 bits per heavy atom.